The maximum Gasteiger partial charge on any atom is 0.488 e. The summed E-state index contributed by atoms with van der Waals surface area (Å²) in [5.74, 6) is 0.733. The number of thioether (sulfide) groups is 1. The van der Waals surface area contributed by atoms with Crippen LogP contribution in [0.3, 0.4) is 0 Å². The Balaban J connectivity index is 2.27. The summed E-state index contributed by atoms with van der Waals surface area (Å²) in [6.07, 6.45) is 1.20. The van der Waals surface area contributed by atoms with Gasteiger partial charge in [0.1, 0.15) is 11.2 Å². The van der Waals surface area contributed by atoms with Gasteiger partial charge in [-0.2, -0.15) is 11.8 Å². The van der Waals surface area contributed by atoms with Crippen LogP contribution >= 0.6 is 11.8 Å². The maximum absolute atomic E-state index is 13.2. The van der Waals surface area contributed by atoms with Gasteiger partial charge in [-0.3, -0.25) is 4.90 Å². The predicted octanol–water partition coefficient (Wildman–Crippen LogP) is -0.575. The molecule has 1 saturated heterocycles. The number of sulfone groups is 1. The van der Waals surface area contributed by atoms with Gasteiger partial charge < -0.3 is 10.0 Å². The van der Waals surface area contributed by atoms with E-state index in [1.54, 1.807) is 16.7 Å². The largest absolute Gasteiger partial charge is 0.488 e. The minimum Gasteiger partial charge on any atom is -0.423 e. The molecule has 9 heteroatoms. The molecule has 1 aromatic rings. The molecule has 1 fully saturated rings. The first-order valence-electron chi connectivity index (χ1n) is 6.44. The van der Waals surface area contributed by atoms with E-state index < -0.39 is 28.1 Å². The van der Waals surface area contributed by atoms with Crippen LogP contribution in [0.15, 0.2) is 18.2 Å². The quantitative estimate of drug-likeness (QED) is 0.719. The van der Waals surface area contributed by atoms with Crippen molar-refractivity contribution in [1.82, 2.24) is 4.90 Å². The van der Waals surface area contributed by atoms with Gasteiger partial charge in [-0.05, 0) is 23.2 Å². The normalized spacial score (nSPS) is 20.5. The Morgan fingerprint density at radius 2 is 2.19 bits per heavy atom. The van der Waals surface area contributed by atoms with Crippen LogP contribution in [0.1, 0.15) is 5.56 Å². The predicted molar refractivity (Wildman–Crippen MR) is 82.6 cm³/mol. The molecule has 1 aromatic carbocycles. The lowest BCUT2D eigenvalue weighted by molar-refractivity contribution is 0.262. The topological polar surface area (TPSA) is 77.8 Å². The zero-order valence-electron chi connectivity index (χ0n) is 11.6. The minimum absolute atomic E-state index is 0.0699. The average molecular weight is 333 g/mol. The first-order chi connectivity index (χ1) is 9.79. The molecule has 1 aliphatic rings. The second kappa shape index (κ2) is 6.66. The van der Waals surface area contributed by atoms with E-state index in [4.69, 9.17) is 0 Å². The minimum atomic E-state index is -3.23. The molecule has 0 radical (unpaired) electrons. The summed E-state index contributed by atoms with van der Waals surface area (Å²) in [7, 11) is -5.02. The van der Waals surface area contributed by atoms with Gasteiger partial charge in [0, 0.05) is 30.9 Å². The number of rotatable bonds is 4. The Kier molecular flexibility index (Phi) is 5.31. The van der Waals surface area contributed by atoms with Gasteiger partial charge >= 0.3 is 7.12 Å². The third-order valence-corrected chi connectivity index (χ3v) is 6.13. The number of halogens is 1. The molecule has 5 nitrogen and oxygen atoms in total. The van der Waals surface area contributed by atoms with Crippen LogP contribution < -0.4 is 5.46 Å². The summed E-state index contributed by atoms with van der Waals surface area (Å²) in [4.78, 5) is 1.78. The van der Waals surface area contributed by atoms with Gasteiger partial charge in [0.2, 0.25) is 0 Å². The maximum atomic E-state index is 13.2. The van der Waals surface area contributed by atoms with E-state index >= 15 is 0 Å². The van der Waals surface area contributed by atoms with Crippen molar-refractivity contribution in [2.75, 3.05) is 24.3 Å². The molecule has 0 saturated carbocycles. The fourth-order valence-electron chi connectivity index (χ4n) is 2.36. The molecule has 0 amide bonds. The van der Waals surface area contributed by atoms with Crippen LogP contribution in [0, 0.1) is 5.82 Å². The summed E-state index contributed by atoms with van der Waals surface area (Å²) in [6.45, 7) is 0.826. The number of benzene rings is 1. The zero-order valence-corrected chi connectivity index (χ0v) is 13.2. The Morgan fingerprint density at radius 3 is 2.81 bits per heavy atom. The van der Waals surface area contributed by atoms with Gasteiger partial charge in [0.05, 0.1) is 0 Å². The summed E-state index contributed by atoms with van der Waals surface area (Å²) in [5, 5.41) is 18.1. The van der Waals surface area contributed by atoms with Crippen molar-refractivity contribution in [3.05, 3.63) is 29.6 Å². The highest BCUT2D eigenvalue weighted by atomic mass is 32.2. The molecule has 0 aromatic heterocycles. The third kappa shape index (κ3) is 4.20. The molecule has 1 unspecified atom stereocenters. The Bertz CT molecular complexity index is 611. The molecular formula is C12H17BFNO4S2. The zero-order chi connectivity index (χ0) is 15.6. The van der Waals surface area contributed by atoms with E-state index in [1.807, 2.05) is 0 Å². The molecule has 1 aliphatic heterocycles. The van der Waals surface area contributed by atoms with Crippen LogP contribution in [0.25, 0.3) is 0 Å². The van der Waals surface area contributed by atoms with Gasteiger partial charge in [-0.25, -0.2) is 12.8 Å². The lowest BCUT2D eigenvalue weighted by Crippen LogP contribution is -2.47. The molecule has 1 atom stereocenters. The number of hydrogen-bond donors (Lipinski definition) is 2. The molecule has 21 heavy (non-hydrogen) atoms. The molecule has 0 bridgehead atoms. The summed E-state index contributed by atoms with van der Waals surface area (Å²) in [5.41, 5.74) is 0.590. The van der Waals surface area contributed by atoms with Crippen LogP contribution in [0.2, 0.25) is 0 Å². The Hall–Kier alpha value is -0.605. The summed E-state index contributed by atoms with van der Waals surface area (Å²) < 4.78 is 36.9. The van der Waals surface area contributed by atoms with Crippen LogP contribution in [0.4, 0.5) is 4.39 Å². The van der Waals surface area contributed by atoms with E-state index in [0.29, 0.717) is 17.9 Å². The Morgan fingerprint density at radius 1 is 1.48 bits per heavy atom. The number of hydrogen-bond acceptors (Lipinski definition) is 6. The molecule has 0 spiro atoms. The average Bonchev–Trinajstić information content (AvgIpc) is 2.40. The molecule has 116 valence electrons. The van der Waals surface area contributed by atoms with E-state index in [9.17, 15) is 22.9 Å². The second-order valence-corrected chi connectivity index (χ2v) is 8.40. The van der Waals surface area contributed by atoms with Crippen LogP contribution in [-0.4, -0.2) is 60.2 Å². The Labute approximate surface area is 128 Å². The molecular weight excluding hydrogens is 316 g/mol. The second-order valence-electron chi connectivity index (χ2n) is 5.05. The van der Waals surface area contributed by atoms with Crippen molar-refractivity contribution in [1.29, 1.82) is 0 Å². The van der Waals surface area contributed by atoms with E-state index in [-0.39, 0.29) is 12.0 Å². The van der Waals surface area contributed by atoms with Crippen LogP contribution in [-0.2, 0) is 16.4 Å². The fraction of sp³-hybridized carbons (Fsp3) is 0.500. The van der Waals surface area contributed by atoms with Crippen molar-refractivity contribution < 1.29 is 22.9 Å². The van der Waals surface area contributed by atoms with Gasteiger partial charge in [0.25, 0.3) is 0 Å². The van der Waals surface area contributed by atoms with Crippen molar-refractivity contribution in [3.63, 3.8) is 0 Å². The summed E-state index contributed by atoms with van der Waals surface area (Å²) >= 11 is 1.58. The molecule has 2 N–H and O–H groups in total. The summed E-state index contributed by atoms with van der Waals surface area (Å²) in [6, 6.07) is 3.76. The smallest absolute Gasteiger partial charge is 0.423 e. The molecule has 1 heterocycles. The first kappa shape index (κ1) is 16.8. The lowest BCUT2D eigenvalue weighted by atomic mass is 9.77. The SMILES string of the molecule is CS(=O)(=O)C1CSCCN1Cc1ccc(F)cc1B(O)O. The van der Waals surface area contributed by atoms with Gasteiger partial charge in [-0.1, -0.05) is 6.07 Å². The standard InChI is InChI=1S/C12H17BFNO4S2/c1-21(18,19)12-8-20-5-4-15(12)7-9-2-3-10(14)6-11(9)13(16)17/h2-3,6,12,16-17H,4-5,7-8H2,1H3. The van der Waals surface area contributed by atoms with E-state index in [1.165, 1.54) is 18.4 Å². The van der Waals surface area contributed by atoms with Crippen molar-refractivity contribution in [2.24, 2.45) is 0 Å². The highest BCUT2D eigenvalue weighted by Crippen LogP contribution is 2.22. The molecule has 2 rings (SSSR count). The van der Waals surface area contributed by atoms with Crippen molar-refractivity contribution in [2.45, 2.75) is 11.9 Å². The van der Waals surface area contributed by atoms with E-state index in [2.05, 4.69) is 0 Å². The van der Waals surface area contributed by atoms with Gasteiger partial charge in [-0.15, -0.1) is 0 Å². The van der Waals surface area contributed by atoms with Crippen molar-refractivity contribution in [3.8, 4) is 0 Å². The molecule has 0 aliphatic carbocycles. The van der Waals surface area contributed by atoms with Gasteiger partial charge in [0.15, 0.2) is 9.84 Å². The third-order valence-electron chi connectivity index (χ3n) is 3.44. The number of nitrogens with zero attached hydrogens (tertiary/aromatic N) is 1. The van der Waals surface area contributed by atoms with E-state index in [0.717, 1.165) is 11.8 Å². The van der Waals surface area contributed by atoms with Crippen molar-refractivity contribution >= 4 is 34.2 Å². The highest BCUT2D eigenvalue weighted by Gasteiger charge is 2.31. The monoisotopic (exact) mass is 333 g/mol. The fourth-order valence-corrected chi connectivity index (χ4v) is 5.30. The highest BCUT2D eigenvalue weighted by molar-refractivity contribution is 8.00. The van der Waals surface area contributed by atoms with Crippen LogP contribution in [0.5, 0.6) is 0 Å². The first-order valence-corrected chi connectivity index (χ1v) is 9.55. The lowest BCUT2D eigenvalue weighted by Gasteiger charge is -2.34.